The molecule has 9 aromatic carbocycles. The molecule has 1 aliphatic carbocycles. The van der Waals surface area contributed by atoms with Crippen LogP contribution >= 0.6 is 23.2 Å². The summed E-state index contributed by atoms with van der Waals surface area (Å²) >= 11 is 13.4. The van der Waals surface area contributed by atoms with Crippen LogP contribution in [0.2, 0.25) is 10.0 Å². The summed E-state index contributed by atoms with van der Waals surface area (Å²) in [5, 5.41) is 6.82. The molecule has 0 saturated carbocycles. The van der Waals surface area contributed by atoms with Gasteiger partial charge in [0.1, 0.15) is 0 Å². The van der Waals surface area contributed by atoms with Crippen LogP contribution in [-0.4, -0.2) is 3.21 Å². The van der Waals surface area contributed by atoms with Crippen LogP contribution < -0.4 is 24.8 Å². The van der Waals surface area contributed by atoms with Crippen molar-refractivity contribution in [2.75, 3.05) is 0 Å². The van der Waals surface area contributed by atoms with Gasteiger partial charge in [-0.25, -0.2) is 12.1 Å². The first-order valence-electron chi connectivity index (χ1n) is 17.9. The number of halogens is 4. The Morgan fingerprint density at radius 3 is 1.48 bits per heavy atom. The number of benzene rings is 8. The molecule has 0 amide bonds. The topological polar surface area (TPSA) is 0 Å². The maximum absolute atomic E-state index is 5.98. The summed E-state index contributed by atoms with van der Waals surface area (Å²) in [6.07, 6.45) is 1.02. The smallest absolute Gasteiger partial charge is 0.0240 e. The molecule has 56 heavy (non-hydrogen) atoms. The van der Waals surface area contributed by atoms with E-state index in [1.165, 1.54) is 105 Å². The van der Waals surface area contributed by atoms with Gasteiger partial charge < -0.3 is 24.8 Å². The van der Waals surface area contributed by atoms with Crippen LogP contribution in [-0.2, 0) is 30.7 Å². The van der Waals surface area contributed by atoms with Crippen molar-refractivity contribution in [2.45, 2.75) is 6.42 Å². The number of hydrogen-bond acceptors (Lipinski definition) is 0. The van der Waals surface area contributed by atoms with E-state index >= 15 is 0 Å². The summed E-state index contributed by atoms with van der Waals surface area (Å²) in [5.41, 5.74) is 12.9. The average molecular weight is 880 g/mol. The molecule has 0 aliphatic heterocycles. The molecule has 0 spiro atoms. The molecule has 1 aliphatic rings. The average Bonchev–Trinajstić information content (AvgIpc) is 3.95. The molecule has 10 rings (SSSR count). The van der Waals surface area contributed by atoms with Crippen molar-refractivity contribution in [1.29, 1.82) is 0 Å². The Balaban J connectivity index is 0.000000167. The van der Waals surface area contributed by atoms with E-state index in [4.69, 9.17) is 23.2 Å². The third-order valence-electron chi connectivity index (χ3n) is 9.86. The standard InChI is InChI=1S/C25H16Cl2.C21H13.C5H5.2ClH.Zr/c26-24-13-9-22(10-14-24)20-5-1-18(2-6-20)17-19-3-7-21(8-4-19)23-11-15-25(27)16-12-23;1-2-8-15-14(7-1)13-20-18-11-4-3-9-16(18)17-10-5-6-12-19(17)21(15)20;1-2-4-5-3-1;;;/h1-16H;1-10,12H,13H2;1-5H;2*1H;/q;2*-1;;;+2/p-2. The van der Waals surface area contributed by atoms with Crippen molar-refractivity contribution >= 4 is 48.0 Å². The summed E-state index contributed by atoms with van der Waals surface area (Å²) in [6.45, 7) is 0. The van der Waals surface area contributed by atoms with Gasteiger partial charge in [0.05, 0.1) is 0 Å². The summed E-state index contributed by atoms with van der Waals surface area (Å²) in [5.74, 6) is 0. The monoisotopic (exact) mass is 876 g/mol. The van der Waals surface area contributed by atoms with Crippen molar-refractivity contribution < 1.29 is 49.0 Å². The van der Waals surface area contributed by atoms with Gasteiger partial charge >= 0.3 is 191 Å². The number of fused-ring (bicyclic) bond motifs is 8. The largest absolute Gasteiger partial charge is 1.00 e. The Hall–Kier alpha value is -4.46. The van der Waals surface area contributed by atoms with Crippen LogP contribution in [0.25, 0.3) is 54.9 Å². The molecule has 0 saturated heterocycles. The maximum atomic E-state index is 5.98. The summed E-state index contributed by atoms with van der Waals surface area (Å²) in [6, 6.07) is 70.7. The molecular weight excluding hydrogens is 846 g/mol. The minimum Gasteiger partial charge on any atom is -1.00 e. The van der Waals surface area contributed by atoms with Gasteiger partial charge in [0.25, 0.3) is 0 Å². The second-order valence-corrected chi connectivity index (χ2v) is 15.3. The van der Waals surface area contributed by atoms with Crippen molar-refractivity contribution in [2.24, 2.45) is 0 Å². The fraction of sp³-hybridized carbons (Fsp3) is 0.0196. The molecule has 9 aromatic rings. The minimum atomic E-state index is 0. The van der Waals surface area contributed by atoms with Crippen molar-refractivity contribution in [3.8, 4) is 33.4 Å². The number of hydrogen-bond donors (Lipinski definition) is 0. The Morgan fingerprint density at radius 1 is 0.500 bits per heavy atom. The van der Waals surface area contributed by atoms with E-state index in [-0.39, 0.29) is 24.8 Å². The zero-order valence-corrected chi connectivity index (χ0v) is 35.7. The minimum absolute atomic E-state index is 0. The van der Waals surface area contributed by atoms with Crippen molar-refractivity contribution in [3.63, 3.8) is 0 Å². The molecule has 272 valence electrons. The van der Waals surface area contributed by atoms with Crippen LogP contribution in [0.4, 0.5) is 0 Å². The molecule has 0 unspecified atom stereocenters. The third-order valence-corrected chi connectivity index (χ3v) is 11.8. The van der Waals surface area contributed by atoms with E-state index in [9.17, 15) is 0 Å². The van der Waals surface area contributed by atoms with Gasteiger partial charge in [-0.1, -0.05) is 53.9 Å². The van der Waals surface area contributed by atoms with Gasteiger partial charge in [-0.15, -0.1) is 40.6 Å². The first-order valence-corrected chi connectivity index (χ1v) is 19.9. The Labute approximate surface area is 366 Å². The molecule has 0 radical (unpaired) electrons. The molecule has 0 N–H and O–H groups in total. The molecule has 0 bridgehead atoms. The predicted octanol–water partition coefficient (Wildman–Crippen LogP) is 8.22. The Morgan fingerprint density at radius 2 is 0.964 bits per heavy atom. The van der Waals surface area contributed by atoms with Gasteiger partial charge in [-0.2, -0.15) is 18.2 Å². The van der Waals surface area contributed by atoms with Crippen LogP contribution in [0.15, 0.2) is 194 Å². The van der Waals surface area contributed by atoms with Gasteiger partial charge in [-0.05, 0) is 28.5 Å². The second-order valence-electron chi connectivity index (χ2n) is 13.2. The maximum Gasteiger partial charge on any atom is -0.0240 e. The molecule has 0 fully saturated rings. The Bertz CT molecular complexity index is 2570. The van der Waals surface area contributed by atoms with E-state index in [0.29, 0.717) is 0 Å². The molecule has 0 heterocycles. The zero-order valence-electron chi connectivity index (χ0n) is 30.2. The van der Waals surface area contributed by atoms with Gasteiger partial charge in [0, 0.05) is 0 Å². The predicted molar refractivity (Wildman–Crippen MR) is 228 cm³/mol. The third kappa shape index (κ3) is 9.06. The molecule has 5 heteroatoms. The van der Waals surface area contributed by atoms with Gasteiger partial charge in [-0.3, -0.25) is 0 Å². The van der Waals surface area contributed by atoms with Gasteiger partial charge in [0.15, 0.2) is 0 Å². The zero-order chi connectivity index (χ0) is 36.9. The van der Waals surface area contributed by atoms with E-state index in [2.05, 4.69) is 140 Å². The van der Waals surface area contributed by atoms with E-state index in [1.807, 2.05) is 60.7 Å². The van der Waals surface area contributed by atoms with Crippen LogP contribution in [0.1, 0.15) is 22.3 Å². The van der Waals surface area contributed by atoms with Gasteiger partial charge in [0.2, 0.25) is 0 Å². The first kappa shape index (κ1) is 41.2. The SMILES string of the molecule is Clc1ccc(-c2ccc([C](=[Zr+2])c3ccc(-c4ccc(Cl)cc4)cc3)cc2)cc1.[Cl-].[Cl-].[c-]1cccc2c1c1c(c3ccccc32)-c2ccccc2C1.c1cc[cH-]c1. The van der Waals surface area contributed by atoms with E-state index in [0.717, 1.165) is 16.5 Å². The Kier molecular flexibility index (Phi) is 14.1. The van der Waals surface area contributed by atoms with Crippen LogP contribution in [0.5, 0.6) is 0 Å². The quantitative estimate of drug-likeness (QED) is 0.124. The normalized spacial score (nSPS) is 10.8. The fourth-order valence-corrected chi connectivity index (χ4v) is 8.23. The van der Waals surface area contributed by atoms with E-state index < -0.39 is 0 Å². The molecule has 0 atom stereocenters. The van der Waals surface area contributed by atoms with Crippen molar-refractivity contribution in [1.82, 2.24) is 0 Å². The summed E-state index contributed by atoms with van der Waals surface area (Å²) < 4.78 is 1.34. The van der Waals surface area contributed by atoms with E-state index in [1.54, 1.807) is 0 Å². The molecule has 0 nitrogen and oxygen atoms in total. The van der Waals surface area contributed by atoms with Crippen molar-refractivity contribution in [3.05, 3.63) is 232 Å². The van der Waals surface area contributed by atoms with Crippen LogP contribution in [0.3, 0.4) is 0 Å². The first-order chi connectivity index (χ1) is 26.5. The number of rotatable bonds is 4. The fourth-order valence-electron chi connectivity index (χ4n) is 7.16. The molecule has 0 aromatic heterocycles. The summed E-state index contributed by atoms with van der Waals surface area (Å²) in [4.78, 5) is 0. The second kappa shape index (κ2) is 19.1. The van der Waals surface area contributed by atoms with Crippen LogP contribution in [0, 0.1) is 6.07 Å². The molecular formula is C51H34Cl4Zr-2. The summed E-state index contributed by atoms with van der Waals surface area (Å²) in [7, 11) is 0.